The Labute approximate surface area is 187 Å². The number of nitrogens with two attached hydrogens (primary N) is 1. The summed E-state index contributed by atoms with van der Waals surface area (Å²) >= 11 is 0. The largest absolute Gasteiger partial charge is 0.325 e. The summed E-state index contributed by atoms with van der Waals surface area (Å²) in [5, 5.41) is 22.4. The lowest BCUT2D eigenvalue weighted by Crippen LogP contribution is -2.13. The van der Waals surface area contributed by atoms with E-state index in [4.69, 9.17) is 5.73 Å². The Morgan fingerprint density at radius 1 is 1.18 bits per heavy atom. The molecule has 2 aromatic carbocycles. The molecular weight excluding hydrogens is 421 g/mol. The van der Waals surface area contributed by atoms with Crippen molar-refractivity contribution in [2.24, 2.45) is 12.8 Å². The van der Waals surface area contributed by atoms with Crippen LogP contribution in [0, 0.1) is 24.1 Å². The summed E-state index contributed by atoms with van der Waals surface area (Å²) in [7, 11) is 1.69. The fraction of sp³-hybridized carbons (Fsp3) is 0.125. The van der Waals surface area contributed by atoms with Gasteiger partial charge in [-0.2, -0.15) is 15.5 Å². The molecule has 0 radical (unpaired) electrons. The number of nitriles is 1. The highest BCUT2D eigenvalue weighted by atomic mass is 19.1. The zero-order chi connectivity index (χ0) is 23.3. The molecule has 3 heterocycles. The number of nitrogens with zero attached hydrogens (tertiary/aromatic N) is 5. The van der Waals surface area contributed by atoms with E-state index >= 15 is 4.39 Å². The first-order valence-electron chi connectivity index (χ1n) is 10.2. The van der Waals surface area contributed by atoms with Crippen molar-refractivity contribution in [3.05, 3.63) is 75.7 Å². The van der Waals surface area contributed by atoms with Crippen LogP contribution in [-0.4, -0.2) is 25.0 Å². The van der Waals surface area contributed by atoms with Gasteiger partial charge >= 0.3 is 0 Å². The molecule has 162 valence electrons. The van der Waals surface area contributed by atoms with Gasteiger partial charge in [-0.05, 0) is 36.2 Å². The topological polar surface area (TPSA) is 126 Å². The summed E-state index contributed by atoms with van der Waals surface area (Å²) in [5.41, 5.74) is 9.38. The van der Waals surface area contributed by atoms with Crippen LogP contribution >= 0.6 is 0 Å². The molecule has 0 amide bonds. The fourth-order valence-corrected chi connectivity index (χ4v) is 4.18. The Morgan fingerprint density at radius 3 is 2.76 bits per heavy atom. The van der Waals surface area contributed by atoms with Gasteiger partial charge < -0.3 is 5.73 Å². The monoisotopic (exact) mass is 439 g/mol. The highest BCUT2D eigenvalue weighted by Crippen LogP contribution is 2.38. The van der Waals surface area contributed by atoms with Gasteiger partial charge in [-0.25, -0.2) is 9.49 Å². The molecule has 0 spiro atoms. The average molecular weight is 439 g/mol. The van der Waals surface area contributed by atoms with Crippen LogP contribution in [0.2, 0.25) is 0 Å². The van der Waals surface area contributed by atoms with E-state index in [0.717, 1.165) is 5.56 Å². The summed E-state index contributed by atoms with van der Waals surface area (Å²) in [6.45, 7) is 2.01. The minimum absolute atomic E-state index is 0.140. The van der Waals surface area contributed by atoms with Crippen molar-refractivity contribution < 1.29 is 4.39 Å². The standard InChI is InChI=1S/C24H18FN7O/c1-12-5-15-17(8-26)22(19(25)7-20(15)28-10-12)23-18(11-29-32(23)2)13-3-4-14-16(6-13)21(9-27)30-31-24(14)33/h3-7,10-11H,9,27H2,1-2H3,(H,31,33). The lowest BCUT2D eigenvalue weighted by molar-refractivity contribution is 0.629. The normalized spacial score (nSPS) is 11.2. The highest BCUT2D eigenvalue weighted by molar-refractivity contribution is 5.96. The molecule has 0 saturated carbocycles. The molecule has 0 aliphatic heterocycles. The number of nitrogens with one attached hydrogen (secondary N) is 1. The van der Waals surface area contributed by atoms with Crippen molar-refractivity contribution in [2.45, 2.75) is 13.5 Å². The third-order valence-corrected chi connectivity index (χ3v) is 5.74. The van der Waals surface area contributed by atoms with Crippen molar-refractivity contribution >= 4 is 21.7 Å². The summed E-state index contributed by atoms with van der Waals surface area (Å²) in [4.78, 5) is 16.5. The number of H-pyrrole nitrogens is 1. The molecule has 0 atom stereocenters. The number of fused-ring (bicyclic) bond motifs is 2. The zero-order valence-electron chi connectivity index (χ0n) is 17.8. The maximum atomic E-state index is 15.4. The Bertz CT molecular complexity index is 1680. The van der Waals surface area contributed by atoms with Gasteiger partial charge in [-0.1, -0.05) is 6.07 Å². The SMILES string of the molecule is Cc1cnc2cc(F)c(-c3c(-c4ccc5c(=O)[nH]nc(CN)c5c4)cnn3C)c(C#N)c2c1. The van der Waals surface area contributed by atoms with Gasteiger partial charge in [0.1, 0.15) is 11.9 Å². The van der Waals surface area contributed by atoms with E-state index in [-0.39, 0.29) is 23.2 Å². The molecule has 0 fully saturated rings. The van der Waals surface area contributed by atoms with Crippen LogP contribution in [0.3, 0.4) is 0 Å². The van der Waals surface area contributed by atoms with E-state index in [1.807, 2.05) is 13.0 Å². The highest BCUT2D eigenvalue weighted by Gasteiger charge is 2.23. The van der Waals surface area contributed by atoms with Gasteiger partial charge in [-0.3, -0.25) is 14.5 Å². The number of benzene rings is 2. The quantitative estimate of drug-likeness (QED) is 0.444. The molecular formula is C24H18FN7O. The summed E-state index contributed by atoms with van der Waals surface area (Å²) in [6.07, 6.45) is 3.25. The van der Waals surface area contributed by atoms with Crippen molar-refractivity contribution in [1.82, 2.24) is 25.0 Å². The molecule has 3 aromatic heterocycles. The van der Waals surface area contributed by atoms with E-state index < -0.39 is 5.82 Å². The second-order valence-electron chi connectivity index (χ2n) is 7.79. The number of pyridine rings is 1. The second kappa shape index (κ2) is 7.62. The van der Waals surface area contributed by atoms with Crippen molar-refractivity contribution in [3.8, 4) is 28.5 Å². The maximum Gasteiger partial charge on any atom is 0.272 e. The minimum Gasteiger partial charge on any atom is -0.325 e. The van der Waals surface area contributed by atoms with Crippen LogP contribution in [0.25, 0.3) is 44.1 Å². The molecule has 9 heteroatoms. The third-order valence-electron chi connectivity index (χ3n) is 5.74. The van der Waals surface area contributed by atoms with E-state index in [9.17, 15) is 10.1 Å². The fourth-order valence-electron chi connectivity index (χ4n) is 4.18. The van der Waals surface area contributed by atoms with E-state index in [0.29, 0.717) is 44.2 Å². The van der Waals surface area contributed by atoms with Crippen LogP contribution < -0.4 is 11.3 Å². The Kier molecular flexibility index (Phi) is 4.73. The van der Waals surface area contributed by atoms with E-state index in [2.05, 4.69) is 26.3 Å². The van der Waals surface area contributed by atoms with Crippen molar-refractivity contribution in [2.75, 3.05) is 0 Å². The Hall–Kier alpha value is -4.42. The Balaban J connectivity index is 1.83. The predicted octanol–water partition coefficient (Wildman–Crippen LogP) is 3.32. The van der Waals surface area contributed by atoms with Crippen LogP contribution in [0.4, 0.5) is 4.39 Å². The lowest BCUT2D eigenvalue weighted by atomic mass is 9.93. The average Bonchev–Trinajstić information content (AvgIpc) is 3.19. The lowest BCUT2D eigenvalue weighted by Gasteiger charge is -2.13. The first-order chi connectivity index (χ1) is 15.9. The maximum absolute atomic E-state index is 15.4. The van der Waals surface area contributed by atoms with Gasteiger partial charge in [0.15, 0.2) is 0 Å². The molecule has 0 aliphatic carbocycles. The molecule has 3 N–H and O–H groups in total. The number of hydrogen-bond donors (Lipinski definition) is 2. The van der Waals surface area contributed by atoms with Gasteiger partial charge in [0, 0.05) is 42.2 Å². The second-order valence-corrected chi connectivity index (χ2v) is 7.79. The first kappa shape index (κ1) is 20.5. The van der Waals surface area contributed by atoms with Gasteiger partial charge in [-0.15, -0.1) is 0 Å². The van der Waals surface area contributed by atoms with Crippen molar-refractivity contribution in [3.63, 3.8) is 0 Å². The molecule has 0 unspecified atom stereocenters. The smallest absolute Gasteiger partial charge is 0.272 e. The molecule has 0 bridgehead atoms. The predicted molar refractivity (Wildman–Crippen MR) is 123 cm³/mol. The summed E-state index contributed by atoms with van der Waals surface area (Å²) < 4.78 is 17.0. The molecule has 5 rings (SSSR count). The third kappa shape index (κ3) is 3.16. The van der Waals surface area contributed by atoms with Gasteiger partial charge in [0.05, 0.1) is 39.6 Å². The number of rotatable bonds is 3. The van der Waals surface area contributed by atoms with Crippen LogP contribution in [0.5, 0.6) is 0 Å². The van der Waals surface area contributed by atoms with Crippen LogP contribution in [0.15, 0.2) is 47.5 Å². The van der Waals surface area contributed by atoms with E-state index in [1.165, 1.54) is 10.7 Å². The number of aryl methyl sites for hydroxylation is 2. The number of halogens is 1. The molecule has 8 nitrogen and oxygen atoms in total. The number of aromatic amines is 1. The van der Waals surface area contributed by atoms with Crippen LogP contribution in [-0.2, 0) is 13.6 Å². The van der Waals surface area contributed by atoms with Gasteiger partial charge in [0.2, 0.25) is 0 Å². The number of hydrogen-bond acceptors (Lipinski definition) is 6. The summed E-state index contributed by atoms with van der Waals surface area (Å²) in [5.74, 6) is -0.568. The zero-order valence-corrected chi connectivity index (χ0v) is 17.8. The molecule has 0 saturated heterocycles. The van der Waals surface area contributed by atoms with E-state index in [1.54, 1.807) is 37.6 Å². The van der Waals surface area contributed by atoms with Gasteiger partial charge in [0.25, 0.3) is 5.56 Å². The Morgan fingerprint density at radius 2 is 2.00 bits per heavy atom. The van der Waals surface area contributed by atoms with Crippen LogP contribution in [0.1, 0.15) is 16.8 Å². The summed E-state index contributed by atoms with van der Waals surface area (Å²) in [6, 6.07) is 10.5. The molecule has 5 aromatic rings. The molecule has 33 heavy (non-hydrogen) atoms. The number of aromatic nitrogens is 5. The minimum atomic E-state index is -0.568. The molecule has 0 aliphatic rings. The first-order valence-corrected chi connectivity index (χ1v) is 10.2. The van der Waals surface area contributed by atoms with Crippen molar-refractivity contribution in [1.29, 1.82) is 5.26 Å².